The number of carbonyl (C=O) groups is 4. The fourth-order valence-corrected chi connectivity index (χ4v) is 2.72. The predicted molar refractivity (Wildman–Crippen MR) is 77.4 cm³/mol. The number of ether oxygens (including phenoxy) is 1. The average Bonchev–Trinajstić information content (AvgIpc) is 2.78. The van der Waals surface area contributed by atoms with Crippen LogP contribution < -0.4 is 10.1 Å². The number of hydrogen-bond acceptors (Lipinski definition) is 5. The summed E-state index contributed by atoms with van der Waals surface area (Å²) in [5, 5.41) is 2.14. The SMILES string of the molecule is C#CCOc1cccc2c1C(=O)N(C1CCC(=O)NC1=O)C2=O. The monoisotopic (exact) mass is 312 g/mol. The number of amides is 4. The number of fused-ring (bicyclic) bond motifs is 1. The molecular formula is C16H12N2O5. The normalized spacial score (nSPS) is 20.1. The first-order valence-electron chi connectivity index (χ1n) is 6.95. The number of terminal acetylenes is 1. The number of nitrogens with one attached hydrogen (secondary N) is 1. The van der Waals surface area contributed by atoms with Crippen molar-refractivity contribution < 1.29 is 23.9 Å². The summed E-state index contributed by atoms with van der Waals surface area (Å²) < 4.78 is 5.31. The highest BCUT2D eigenvalue weighted by atomic mass is 16.5. The molecule has 1 N–H and O–H groups in total. The third-order valence-electron chi connectivity index (χ3n) is 3.74. The number of benzene rings is 1. The molecule has 0 aromatic heterocycles. The topological polar surface area (TPSA) is 92.8 Å². The van der Waals surface area contributed by atoms with Gasteiger partial charge in [0.25, 0.3) is 11.8 Å². The molecule has 116 valence electrons. The molecule has 2 aliphatic rings. The van der Waals surface area contributed by atoms with E-state index in [1.165, 1.54) is 12.1 Å². The maximum atomic E-state index is 12.6. The quantitative estimate of drug-likeness (QED) is 0.631. The lowest BCUT2D eigenvalue weighted by molar-refractivity contribution is -0.136. The number of carbonyl (C=O) groups excluding carboxylic acids is 4. The van der Waals surface area contributed by atoms with Gasteiger partial charge in [0.15, 0.2) is 0 Å². The van der Waals surface area contributed by atoms with Crippen LogP contribution in [-0.2, 0) is 9.59 Å². The van der Waals surface area contributed by atoms with E-state index in [4.69, 9.17) is 11.2 Å². The second-order valence-corrected chi connectivity index (χ2v) is 5.12. The molecule has 0 saturated carbocycles. The van der Waals surface area contributed by atoms with E-state index in [1.54, 1.807) is 6.07 Å². The van der Waals surface area contributed by atoms with Crippen molar-refractivity contribution in [2.45, 2.75) is 18.9 Å². The van der Waals surface area contributed by atoms with Crippen molar-refractivity contribution in [3.05, 3.63) is 29.3 Å². The van der Waals surface area contributed by atoms with Crippen molar-refractivity contribution in [2.75, 3.05) is 6.61 Å². The zero-order chi connectivity index (χ0) is 16.6. The van der Waals surface area contributed by atoms with Crippen LogP contribution in [0.15, 0.2) is 18.2 Å². The average molecular weight is 312 g/mol. The van der Waals surface area contributed by atoms with Gasteiger partial charge in [0, 0.05) is 6.42 Å². The Bertz CT molecular complexity index is 777. The summed E-state index contributed by atoms with van der Waals surface area (Å²) >= 11 is 0. The third kappa shape index (κ3) is 2.34. The maximum absolute atomic E-state index is 12.6. The molecule has 0 aliphatic carbocycles. The van der Waals surface area contributed by atoms with Gasteiger partial charge in [-0.2, -0.15) is 0 Å². The first-order chi connectivity index (χ1) is 11.0. The molecule has 1 aromatic rings. The fourth-order valence-electron chi connectivity index (χ4n) is 2.72. The summed E-state index contributed by atoms with van der Waals surface area (Å²) in [6.45, 7) is -0.0453. The predicted octanol–water partition coefficient (Wildman–Crippen LogP) is 0.0998. The standard InChI is InChI=1S/C16H12N2O5/c1-2-8-23-11-5-3-4-9-13(11)16(22)18(15(9)21)10-6-7-12(19)17-14(10)20/h1,3-5,10H,6-8H2,(H,17,19,20). The van der Waals surface area contributed by atoms with Gasteiger partial charge in [-0.3, -0.25) is 29.4 Å². The Morgan fingerprint density at radius 3 is 2.74 bits per heavy atom. The Kier molecular flexibility index (Phi) is 3.58. The van der Waals surface area contributed by atoms with Crippen molar-refractivity contribution in [2.24, 2.45) is 0 Å². The zero-order valence-electron chi connectivity index (χ0n) is 12.0. The molecular weight excluding hydrogens is 300 g/mol. The third-order valence-corrected chi connectivity index (χ3v) is 3.74. The molecule has 2 aliphatic heterocycles. The van der Waals surface area contributed by atoms with Crippen molar-refractivity contribution in [3.63, 3.8) is 0 Å². The van der Waals surface area contributed by atoms with E-state index < -0.39 is 29.7 Å². The Balaban J connectivity index is 1.96. The second kappa shape index (κ2) is 5.57. The molecule has 7 nitrogen and oxygen atoms in total. The number of imide groups is 2. The summed E-state index contributed by atoms with van der Waals surface area (Å²) in [7, 11) is 0. The number of rotatable bonds is 3. The van der Waals surface area contributed by atoms with Gasteiger partial charge in [-0.25, -0.2) is 0 Å². The Labute approximate surface area is 131 Å². The minimum atomic E-state index is -0.999. The highest BCUT2D eigenvalue weighted by Gasteiger charge is 2.45. The Morgan fingerprint density at radius 1 is 1.26 bits per heavy atom. The lowest BCUT2D eigenvalue weighted by atomic mass is 10.0. The van der Waals surface area contributed by atoms with E-state index in [1.807, 2.05) is 0 Å². The van der Waals surface area contributed by atoms with Crippen molar-refractivity contribution in [1.82, 2.24) is 10.2 Å². The number of nitrogens with zero attached hydrogens (tertiary/aromatic N) is 1. The minimum Gasteiger partial charge on any atom is -0.480 e. The molecule has 3 rings (SSSR count). The zero-order valence-corrected chi connectivity index (χ0v) is 12.0. The molecule has 4 amide bonds. The van der Waals surface area contributed by atoms with E-state index in [0.29, 0.717) is 0 Å². The molecule has 0 spiro atoms. The van der Waals surface area contributed by atoms with Crippen molar-refractivity contribution >= 4 is 23.6 Å². The Hall–Kier alpha value is -3.14. The molecule has 2 heterocycles. The molecule has 1 saturated heterocycles. The van der Waals surface area contributed by atoms with Gasteiger partial charge < -0.3 is 4.74 Å². The smallest absolute Gasteiger partial charge is 0.266 e. The second-order valence-electron chi connectivity index (χ2n) is 5.12. The van der Waals surface area contributed by atoms with E-state index in [-0.39, 0.29) is 36.3 Å². The minimum absolute atomic E-state index is 0.0453. The van der Waals surface area contributed by atoms with Gasteiger partial charge in [0.05, 0.1) is 11.1 Å². The van der Waals surface area contributed by atoms with Gasteiger partial charge in [-0.15, -0.1) is 6.42 Å². The van der Waals surface area contributed by atoms with Crippen molar-refractivity contribution in [1.29, 1.82) is 0 Å². The van der Waals surface area contributed by atoms with Crippen molar-refractivity contribution in [3.8, 4) is 18.1 Å². The molecule has 1 aromatic carbocycles. The maximum Gasteiger partial charge on any atom is 0.266 e. The van der Waals surface area contributed by atoms with E-state index >= 15 is 0 Å². The summed E-state index contributed by atoms with van der Waals surface area (Å²) in [5.41, 5.74) is 0.256. The molecule has 7 heteroatoms. The van der Waals surface area contributed by atoms with Gasteiger partial charge >= 0.3 is 0 Å². The van der Waals surface area contributed by atoms with Crippen LogP contribution in [0.2, 0.25) is 0 Å². The molecule has 0 radical (unpaired) electrons. The first kappa shape index (κ1) is 14.8. The number of hydrogen-bond donors (Lipinski definition) is 1. The van der Waals surface area contributed by atoms with Crippen LogP contribution in [0.25, 0.3) is 0 Å². The fraction of sp³-hybridized carbons (Fsp3) is 0.250. The lowest BCUT2D eigenvalue weighted by Crippen LogP contribution is -2.54. The summed E-state index contributed by atoms with van der Waals surface area (Å²) in [6.07, 6.45) is 5.32. The van der Waals surface area contributed by atoms with Crippen LogP contribution >= 0.6 is 0 Å². The van der Waals surface area contributed by atoms with Crippen LogP contribution in [0.3, 0.4) is 0 Å². The van der Waals surface area contributed by atoms with Crippen LogP contribution in [0.1, 0.15) is 33.6 Å². The highest BCUT2D eigenvalue weighted by Crippen LogP contribution is 2.33. The van der Waals surface area contributed by atoms with Gasteiger partial charge in [0.2, 0.25) is 11.8 Å². The molecule has 1 unspecified atom stereocenters. The Morgan fingerprint density at radius 2 is 2.04 bits per heavy atom. The summed E-state index contributed by atoms with van der Waals surface area (Å²) in [5.74, 6) is 0.225. The van der Waals surface area contributed by atoms with Gasteiger partial charge in [-0.05, 0) is 18.6 Å². The first-order valence-corrected chi connectivity index (χ1v) is 6.95. The molecule has 1 fully saturated rings. The van der Waals surface area contributed by atoms with Gasteiger partial charge in [0.1, 0.15) is 18.4 Å². The van der Waals surface area contributed by atoms with E-state index in [0.717, 1.165) is 4.90 Å². The highest BCUT2D eigenvalue weighted by molar-refractivity contribution is 6.24. The van der Waals surface area contributed by atoms with Crippen LogP contribution in [-0.4, -0.2) is 41.2 Å². The number of piperidine rings is 1. The molecule has 0 bridgehead atoms. The lowest BCUT2D eigenvalue weighted by Gasteiger charge is -2.27. The largest absolute Gasteiger partial charge is 0.480 e. The van der Waals surface area contributed by atoms with Crippen LogP contribution in [0, 0.1) is 12.3 Å². The molecule has 1 atom stereocenters. The van der Waals surface area contributed by atoms with Crippen LogP contribution in [0.5, 0.6) is 5.75 Å². The summed E-state index contributed by atoms with van der Waals surface area (Å²) in [6, 6.07) is 3.60. The van der Waals surface area contributed by atoms with Crippen LogP contribution in [0.4, 0.5) is 0 Å². The van der Waals surface area contributed by atoms with E-state index in [9.17, 15) is 19.2 Å². The molecule has 23 heavy (non-hydrogen) atoms. The van der Waals surface area contributed by atoms with Gasteiger partial charge in [-0.1, -0.05) is 12.0 Å². The van der Waals surface area contributed by atoms with E-state index in [2.05, 4.69) is 11.2 Å². The summed E-state index contributed by atoms with van der Waals surface area (Å²) in [4.78, 5) is 49.2.